The fraction of sp³-hybridized carbons (Fsp3) is 0.0556. The van der Waals surface area contributed by atoms with Gasteiger partial charge < -0.3 is 10.6 Å². The van der Waals surface area contributed by atoms with Crippen LogP contribution in [-0.4, -0.2) is 23.5 Å². The summed E-state index contributed by atoms with van der Waals surface area (Å²) in [5.41, 5.74) is 1.69. The maximum atomic E-state index is 11.9. The van der Waals surface area contributed by atoms with E-state index in [9.17, 15) is 9.59 Å². The third kappa shape index (κ3) is 5.14. The Kier molecular flexibility index (Phi) is 5.98. The van der Waals surface area contributed by atoms with Gasteiger partial charge >= 0.3 is 6.03 Å². The zero-order valence-electron chi connectivity index (χ0n) is 13.5. The zero-order chi connectivity index (χ0) is 18.4. The van der Waals surface area contributed by atoms with E-state index in [-0.39, 0.29) is 12.5 Å². The van der Waals surface area contributed by atoms with Crippen LogP contribution in [0, 0.1) is 0 Å². The molecule has 8 heteroatoms. The van der Waals surface area contributed by atoms with Crippen LogP contribution in [0.2, 0.25) is 0 Å². The number of nitrogens with zero attached hydrogens (tertiary/aromatic N) is 1. The molecule has 3 N–H and O–H groups in total. The Labute approximate surface area is 162 Å². The summed E-state index contributed by atoms with van der Waals surface area (Å²) in [5.74, 6) is -0.313. The van der Waals surface area contributed by atoms with Gasteiger partial charge in [-0.2, -0.15) is 0 Å². The molecule has 26 heavy (non-hydrogen) atoms. The average Bonchev–Trinajstić information content (AvgIpc) is 3.11. The molecule has 0 aliphatic carbocycles. The van der Waals surface area contributed by atoms with Crippen molar-refractivity contribution in [2.24, 2.45) is 0 Å². The van der Waals surface area contributed by atoms with Crippen molar-refractivity contribution >= 4 is 50.0 Å². The lowest BCUT2D eigenvalue weighted by atomic mass is 10.2. The van der Waals surface area contributed by atoms with Crippen LogP contribution in [0.15, 0.2) is 65.3 Å². The first kappa shape index (κ1) is 18.1. The largest absolute Gasteiger partial charge is 0.329 e. The molecule has 0 atom stereocenters. The van der Waals surface area contributed by atoms with E-state index in [1.54, 1.807) is 18.3 Å². The molecule has 0 bridgehead atoms. The summed E-state index contributed by atoms with van der Waals surface area (Å²) in [5, 5.41) is 8.30. The number of benzene rings is 2. The molecule has 0 saturated heterocycles. The second-order valence-corrected chi connectivity index (χ2v) is 7.20. The number of nitrogens with one attached hydrogen (secondary N) is 3. The van der Waals surface area contributed by atoms with Crippen molar-refractivity contribution in [2.75, 3.05) is 17.2 Å². The number of carbonyl (C=O) groups excluding carboxylic acids is 2. The molecule has 132 valence electrons. The van der Waals surface area contributed by atoms with Crippen LogP contribution in [0.4, 0.5) is 15.6 Å². The maximum absolute atomic E-state index is 11.9. The highest BCUT2D eigenvalue weighted by Crippen LogP contribution is 2.28. The van der Waals surface area contributed by atoms with Gasteiger partial charge in [0.15, 0.2) is 5.13 Å². The Morgan fingerprint density at radius 1 is 1.00 bits per heavy atom. The van der Waals surface area contributed by atoms with Gasteiger partial charge in [0.05, 0.1) is 11.4 Å². The van der Waals surface area contributed by atoms with Gasteiger partial charge in [-0.05, 0) is 29.8 Å². The normalized spacial score (nSPS) is 10.2. The Hall–Kier alpha value is -2.71. The highest BCUT2D eigenvalue weighted by atomic mass is 79.9. The number of hydrogen-bond donors (Lipinski definition) is 3. The number of rotatable bonds is 5. The molecule has 0 radical (unpaired) electrons. The molecule has 3 aromatic rings. The number of halogens is 1. The van der Waals surface area contributed by atoms with Gasteiger partial charge in [-0.1, -0.05) is 57.6 Å². The lowest BCUT2D eigenvalue weighted by Gasteiger charge is -2.07. The van der Waals surface area contributed by atoms with Crippen LogP contribution in [0.1, 0.15) is 0 Å². The predicted octanol–water partition coefficient (Wildman–Crippen LogP) is 4.33. The Balaban J connectivity index is 1.47. The van der Waals surface area contributed by atoms with Crippen LogP contribution >= 0.6 is 27.3 Å². The first-order chi connectivity index (χ1) is 12.6. The topological polar surface area (TPSA) is 83.1 Å². The SMILES string of the molecule is O=C(CNC(=O)Nc1ncc(-c2ccccc2)s1)Nc1ccc(Br)cc1. The molecule has 0 saturated carbocycles. The van der Waals surface area contributed by atoms with Crippen molar-refractivity contribution in [3.63, 3.8) is 0 Å². The first-order valence-electron chi connectivity index (χ1n) is 7.72. The number of carbonyl (C=O) groups is 2. The number of anilines is 2. The van der Waals surface area contributed by atoms with E-state index in [1.165, 1.54) is 11.3 Å². The lowest BCUT2D eigenvalue weighted by Crippen LogP contribution is -2.35. The van der Waals surface area contributed by atoms with E-state index in [0.29, 0.717) is 10.8 Å². The molecule has 6 nitrogen and oxygen atoms in total. The molecular weight excluding hydrogens is 416 g/mol. The van der Waals surface area contributed by atoms with Crippen molar-refractivity contribution in [1.82, 2.24) is 10.3 Å². The third-order valence-corrected chi connectivity index (χ3v) is 4.81. The van der Waals surface area contributed by atoms with Gasteiger partial charge in [-0.25, -0.2) is 9.78 Å². The third-order valence-electron chi connectivity index (χ3n) is 3.32. The predicted molar refractivity (Wildman–Crippen MR) is 107 cm³/mol. The number of urea groups is 1. The molecule has 0 aliphatic rings. The first-order valence-corrected chi connectivity index (χ1v) is 9.32. The van der Waals surface area contributed by atoms with Gasteiger partial charge in [-0.3, -0.25) is 10.1 Å². The van der Waals surface area contributed by atoms with E-state index in [0.717, 1.165) is 14.9 Å². The molecule has 0 spiro atoms. The second kappa shape index (κ2) is 8.59. The van der Waals surface area contributed by atoms with E-state index in [1.807, 2.05) is 42.5 Å². The molecule has 3 rings (SSSR count). The smallest absolute Gasteiger partial charge is 0.321 e. The summed E-state index contributed by atoms with van der Waals surface area (Å²) in [6.07, 6.45) is 1.70. The second-order valence-electron chi connectivity index (χ2n) is 5.26. The minimum atomic E-state index is -0.482. The fourth-order valence-electron chi connectivity index (χ4n) is 2.11. The van der Waals surface area contributed by atoms with Crippen molar-refractivity contribution in [2.45, 2.75) is 0 Å². The molecule has 0 unspecified atom stereocenters. The minimum Gasteiger partial charge on any atom is -0.329 e. The highest BCUT2D eigenvalue weighted by Gasteiger charge is 2.09. The number of hydrogen-bond acceptors (Lipinski definition) is 4. The average molecular weight is 431 g/mol. The molecule has 1 aromatic heterocycles. The van der Waals surface area contributed by atoms with E-state index >= 15 is 0 Å². The maximum Gasteiger partial charge on any atom is 0.321 e. The standard InChI is InChI=1S/C18H15BrN4O2S/c19-13-6-8-14(9-7-13)22-16(24)11-20-17(25)23-18-21-10-15(26-18)12-4-2-1-3-5-12/h1-10H,11H2,(H,22,24)(H2,20,21,23,25). The summed E-state index contributed by atoms with van der Waals surface area (Å²) >= 11 is 4.69. The van der Waals surface area contributed by atoms with Gasteiger partial charge in [0, 0.05) is 16.4 Å². The zero-order valence-corrected chi connectivity index (χ0v) is 15.9. The quantitative estimate of drug-likeness (QED) is 0.562. The van der Waals surface area contributed by atoms with Crippen LogP contribution in [0.25, 0.3) is 10.4 Å². The van der Waals surface area contributed by atoms with Crippen LogP contribution in [-0.2, 0) is 4.79 Å². The van der Waals surface area contributed by atoms with Gasteiger partial charge in [0.1, 0.15) is 0 Å². The summed E-state index contributed by atoms with van der Waals surface area (Å²) in [6, 6.07) is 16.5. The van der Waals surface area contributed by atoms with Crippen molar-refractivity contribution in [1.29, 1.82) is 0 Å². The Bertz CT molecular complexity index is 897. The molecule has 2 aromatic carbocycles. The van der Waals surface area contributed by atoms with Gasteiger partial charge in [-0.15, -0.1) is 0 Å². The van der Waals surface area contributed by atoms with Gasteiger partial charge in [0.2, 0.25) is 5.91 Å². The van der Waals surface area contributed by atoms with Crippen LogP contribution in [0.5, 0.6) is 0 Å². The molecule has 1 heterocycles. The Morgan fingerprint density at radius 2 is 1.73 bits per heavy atom. The van der Waals surface area contributed by atoms with Gasteiger partial charge in [0.25, 0.3) is 0 Å². The summed E-state index contributed by atoms with van der Waals surface area (Å²) in [7, 11) is 0. The van der Waals surface area contributed by atoms with Crippen LogP contribution in [0.3, 0.4) is 0 Å². The van der Waals surface area contributed by atoms with E-state index < -0.39 is 6.03 Å². The Morgan fingerprint density at radius 3 is 2.46 bits per heavy atom. The fourth-order valence-corrected chi connectivity index (χ4v) is 3.19. The number of aromatic nitrogens is 1. The van der Waals surface area contributed by atoms with Crippen molar-refractivity contribution < 1.29 is 9.59 Å². The number of thiazole rings is 1. The highest BCUT2D eigenvalue weighted by molar-refractivity contribution is 9.10. The minimum absolute atomic E-state index is 0.140. The van der Waals surface area contributed by atoms with Crippen molar-refractivity contribution in [3.05, 3.63) is 65.3 Å². The lowest BCUT2D eigenvalue weighted by molar-refractivity contribution is -0.115. The molecule has 3 amide bonds. The monoisotopic (exact) mass is 430 g/mol. The van der Waals surface area contributed by atoms with E-state index in [4.69, 9.17) is 0 Å². The molecule has 0 fully saturated rings. The van der Waals surface area contributed by atoms with Crippen molar-refractivity contribution in [3.8, 4) is 10.4 Å². The molecular formula is C18H15BrN4O2S. The summed E-state index contributed by atoms with van der Waals surface area (Å²) in [4.78, 5) is 28.9. The molecule has 0 aliphatic heterocycles. The number of amides is 3. The van der Waals surface area contributed by atoms with Crippen LogP contribution < -0.4 is 16.0 Å². The van der Waals surface area contributed by atoms with E-state index in [2.05, 4.69) is 36.9 Å². The summed E-state index contributed by atoms with van der Waals surface area (Å²) < 4.78 is 0.923. The summed E-state index contributed by atoms with van der Waals surface area (Å²) in [6.45, 7) is -0.140.